The molecule has 114 valence electrons. The van der Waals surface area contributed by atoms with Crippen molar-refractivity contribution in [2.24, 2.45) is 5.92 Å². The van der Waals surface area contributed by atoms with E-state index in [4.69, 9.17) is 11.6 Å². The number of carbonyl (C=O) groups excluding carboxylic acids is 1. The maximum atomic E-state index is 13.4. The highest BCUT2D eigenvalue weighted by atomic mass is 35.5. The van der Waals surface area contributed by atoms with Gasteiger partial charge in [-0.1, -0.05) is 36.6 Å². The van der Waals surface area contributed by atoms with Gasteiger partial charge >= 0.3 is 0 Å². The van der Waals surface area contributed by atoms with Crippen LogP contribution in [0.15, 0.2) is 18.2 Å². The third-order valence-electron chi connectivity index (χ3n) is 4.94. The summed E-state index contributed by atoms with van der Waals surface area (Å²) in [6.07, 6.45) is 7.28. The van der Waals surface area contributed by atoms with Crippen LogP contribution in [0.25, 0.3) is 0 Å². The molecule has 2 nitrogen and oxygen atoms in total. The normalized spacial score (nSPS) is 29.0. The van der Waals surface area contributed by atoms with Crippen LogP contribution < -0.4 is 5.32 Å². The number of benzene rings is 1. The van der Waals surface area contributed by atoms with Crippen LogP contribution >= 0.6 is 11.6 Å². The molecule has 1 aromatic rings. The standard InChI is InChI=1S/C17H21ClFNO/c18-17-12(5-3-6-13(17)19)10-16(21)15-9-8-11-4-1-2-7-14(11)20-15/h3,5-6,11,14-15,20H,1-2,4,7-10H2. The van der Waals surface area contributed by atoms with Gasteiger partial charge in [-0.25, -0.2) is 4.39 Å². The predicted molar refractivity (Wildman–Crippen MR) is 82.0 cm³/mol. The Morgan fingerprint density at radius 2 is 2.05 bits per heavy atom. The largest absolute Gasteiger partial charge is 0.304 e. The van der Waals surface area contributed by atoms with E-state index >= 15 is 0 Å². The number of hydrogen-bond acceptors (Lipinski definition) is 2. The molecule has 1 aromatic carbocycles. The van der Waals surface area contributed by atoms with Crippen LogP contribution in [-0.2, 0) is 11.2 Å². The zero-order valence-electron chi connectivity index (χ0n) is 12.1. The fourth-order valence-electron chi connectivity index (χ4n) is 3.74. The molecular formula is C17H21ClFNO. The van der Waals surface area contributed by atoms with Crippen LogP contribution in [0.1, 0.15) is 44.1 Å². The van der Waals surface area contributed by atoms with Crippen LogP contribution in [0, 0.1) is 11.7 Å². The van der Waals surface area contributed by atoms with Crippen molar-refractivity contribution in [2.45, 2.75) is 57.0 Å². The summed E-state index contributed by atoms with van der Waals surface area (Å²) in [7, 11) is 0. The number of piperidine rings is 1. The van der Waals surface area contributed by atoms with Crippen LogP contribution in [0.5, 0.6) is 0 Å². The molecular weight excluding hydrogens is 289 g/mol. The Bertz CT molecular complexity index is 534. The van der Waals surface area contributed by atoms with Crippen molar-refractivity contribution in [1.82, 2.24) is 5.32 Å². The second-order valence-electron chi connectivity index (χ2n) is 6.30. The molecule has 1 N–H and O–H groups in total. The number of Topliss-reactive ketones (excluding diaryl/α,β-unsaturated/α-hetero) is 1. The van der Waals surface area contributed by atoms with Crippen molar-refractivity contribution < 1.29 is 9.18 Å². The zero-order chi connectivity index (χ0) is 14.8. The Morgan fingerprint density at radius 1 is 1.24 bits per heavy atom. The van der Waals surface area contributed by atoms with E-state index in [-0.39, 0.29) is 23.3 Å². The number of hydrogen-bond donors (Lipinski definition) is 1. The molecule has 0 aromatic heterocycles. The predicted octanol–water partition coefficient (Wildman–Crippen LogP) is 3.90. The highest BCUT2D eigenvalue weighted by molar-refractivity contribution is 6.31. The molecule has 0 radical (unpaired) electrons. The van der Waals surface area contributed by atoms with Crippen LogP contribution in [0.4, 0.5) is 4.39 Å². The highest BCUT2D eigenvalue weighted by Gasteiger charge is 2.34. The minimum Gasteiger partial charge on any atom is -0.304 e. The lowest BCUT2D eigenvalue weighted by Crippen LogP contribution is -2.52. The van der Waals surface area contributed by atoms with Gasteiger partial charge in [-0.2, -0.15) is 0 Å². The third kappa shape index (κ3) is 3.29. The van der Waals surface area contributed by atoms with Gasteiger partial charge in [-0.15, -0.1) is 0 Å². The summed E-state index contributed by atoms with van der Waals surface area (Å²) >= 11 is 5.94. The van der Waals surface area contributed by atoms with E-state index in [9.17, 15) is 9.18 Å². The van der Waals surface area contributed by atoms with E-state index in [1.54, 1.807) is 12.1 Å². The van der Waals surface area contributed by atoms with Crippen LogP contribution in [-0.4, -0.2) is 17.9 Å². The molecule has 1 saturated carbocycles. The molecule has 21 heavy (non-hydrogen) atoms. The maximum absolute atomic E-state index is 13.4. The summed E-state index contributed by atoms with van der Waals surface area (Å²) in [5.41, 5.74) is 0.592. The first kappa shape index (κ1) is 15.0. The summed E-state index contributed by atoms with van der Waals surface area (Å²) in [4.78, 5) is 12.5. The van der Waals surface area contributed by atoms with Crippen molar-refractivity contribution >= 4 is 17.4 Å². The van der Waals surface area contributed by atoms with Crippen molar-refractivity contribution in [1.29, 1.82) is 0 Å². The van der Waals surface area contributed by atoms with Crippen LogP contribution in [0.3, 0.4) is 0 Å². The molecule has 3 unspecified atom stereocenters. The van der Waals surface area contributed by atoms with Crippen molar-refractivity contribution in [2.75, 3.05) is 0 Å². The molecule has 4 heteroatoms. The first-order valence-corrected chi connectivity index (χ1v) is 8.24. The quantitative estimate of drug-likeness (QED) is 0.917. The molecule has 3 atom stereocenters. The average Bonchev–Trinajstić information content (AvgIpc) is 2.51. The van der Waals surface area contributed by atoms with Gasteiger partial charge < -0.3 is 5.32 Å². The zero-order valence-corrected chi connectivity index (χ0v) is 12.8. The third-order valence-corrected chi connectivity index (χ3v) is 5.36. The van der Waals surface area contributed by atoms with Gasteiger partial charge in [0.1, 0.15) is 5.82 Å². The fraction of sp³-hybridized carbons (Fsp3) is 0.588. The van der Waals surface area contributed by atoms with Gasteiger partial charge in [0.25, 0.3) is 0 Å². The minimum atomic E-state index is -0.453. The lowest BCUT2D eigenvalue weighted by Gasteiger charge is -2.40. The molecule has 1 aliphatic heterocycles. The second-order valence-corrected chi connectivity index (χ2v) is 6.68. The Balaban J connectivity index is 1.64. The topological polar surface area (TPSA) is 29.1 Å². The molecule has 1 saturated heterocycles. The number of carbonyl (C=O) groups is 1. The number of fused-ring (bicyclic) bond motifs is 1. The van der Waals surface area contributed by atoms with E-state index in [0.29, 0.717) is 11.6 Å². The van der Waals surface area contributed by atoms with Gasteiger partial charge in [0.2, 0.25) is 0 Å². The number of ketones is 1. The van der Waals surface area contributed by atoms with E-state index in [0.717, 1.165) is 18.8 Å². The Hall–Kier alpha value is -0.930. The van der Waals surface area contributed by atoms with Crippen molar-refractivity contribution in [3.63, 3.8) is 0 Å². The van der Waals surface area contributed by atoms with Gasteiger partial charge in [0.05, 0.1) is 11.1 Å². The lowest BCUT2D eigenvalue weighted by atomic mass is 9.77. The summed E-state index contributed by atoms with van der Waals surface area (Å²) in [6, 6.07) is 5.06. The smallest absolute Gasteiger partial charge is 0.154 e. The molecule has 2 fully saturated rings. The van der Waals surface area contributed by atoms with Gasteiger partial charge in [0, 0.05) is 12.5 Å². The molecule has 1 heterocycles. The van der Waals surface area contributed by atoms with E-state index < -0.39 is 5.82 Å². The van der Waals surface area contributed by atoms with E-state index in [1.807, 2.05) is 0 Å². The summed E-state index contributed by atoms with van der Waals surface area (Å²) in [5.74, 6) is 0.415. The number of nitrogens with one attached hydrogen (secondary N) is 1. The van der Waals surface area contributed by atoms with Gasteiger partial charge in [0.15, 0.2) is 5.78 Å². The SMILES string of the molecule is O=C(Cc1cccc(F)c1Cl)C1CCC2CCCCC2N1. The Morgan fingerprint density at radius 3 is 2.90 bits per heavy atom. The van der Waals surface area contributed by atoms with E-state index in [2.05, 4.69) is 5.32 Å². The van der Waals surface area contributed by atoms with Crippen LogP contribution in [0.2, 0.25) is 5.02 Å². The average molecular weight is 310 g/mol. The maximum Gasteiger partial charge on any atom is 0.154 e. The molecule has 2 aliphatic rings. The summed E-state index contributed by atoms with van der Waals surface area (Å²) < 4.78 is 13.4. The Kier molecular flexibility index (Phi) is 4.60. The Labute approximate surface area is 130 Å². The summed E-state index contributed by atoms with van der Waals surface area (Å²) in [5, 5.41) is 3.60. The number of rotatable bonds is 3. The monoisotopic (exact) mass is 309 g/mol. The molecule has 1 aliphatic carbocycles. The molecule has 0 bridgehead atoms. The molecule has 0 amide bonds. The van der Waals surface area contributed by atoms with Gasteiger partial charge in [-0.3, -0.25) is 4.79 Å². The van der Waals surface area contributed by atoms with Crippen molar-refractivity contribution in [3.05, 3.63) is 34.6 Å². The molecule has 0 spiro atoms. The first-order valence-electron chi connectivity index (χ1n) is 7.87. The fourth-order valence-corrected chi connectivity index (χ4v) is 3.94. The van der Waals surface area contributed by atoms with Gasteiger partial charge in [-0.05, 0) is 43.2 Å². The molecule has 3 rings (SSSR count). The van der Waals surface area contributed by atoms with E-state index in [1.165, 1.54) is 31.7 Å². The highest BCUT2D eigenvalue weighted by Crippen LogP contribution is 2.32. The van der Waals surface area contributed by atoms with Crippen molar-refractivity contribution in [3.8, 4) is 0 Å². The second kappa shape index (κ2) is 6.45. The minimum absolute atomic E-state index is 0.0807. The lowest BCUT2D eigenvalue weighted by molar-refractivity contribution is -0.121. The summed E-state index contributed by atoms with van der Waals surface area (Å²) in [6.45, 7) is 0. The number of halogens is 2. The first-order chi connectivity index (χ1) is 10.1.